The summed E-state index contributed by atoms with van der Waals surface area (Å²) >= 11 is 0. The van der Waals surface area contributed by atoms with Crippen LogP contribution < -0.4 is 10.2 Å². The first-order valence-electron chi connectivity index (χ1n) is 7.59. The number of aromatic nitrogens is 3. The molecule has 0 atom stereocenters. The Morgan fingerprint density at radius 2 is 1.77 bits per heavy atom. The van der Waals surface area contributed by atoms with Gasteiger partial charge in [0.1, 0.15) is 5.82 Å². The molecule has 1 saturated heterocycles. The third-order valence-corrected chi connectivity index (χ3v) is 3.91. The van der Waals surface area contributed by atoms with Gasteiger partial charge in [-0.25, -0.2) is 4.98 Å². The Kier molecular flexibility index (Phi) is 3.31. The lowest BCUT2D eigenvalue weighted by molar-refractivity contribution is 0.941. The quantitative estimate of drug-likeness (QED) is 0.802. The van der Waals surface area contributed by atoms with Crippen LogP contribution >= 0.6 is 0 Å². The highest BCUT2D eigenvalue weighted by molar-refractivity contribution is 5.90. The molecule has 3 aromatic rings. The maximum Gasteiger partial charge on any atom is 0.229 e. The second-order valence-corrected chi connectivity index (χ2v) is 5.45. The Morgan fingerprint density at radius 3 is 2.59 bits per heavy atom. The summed E-state index contributed by atoms with van der Waals surface area (Å²) in [5.41, 5.74) is 1.86. The van der Waals surface area contributed by atoms with E-state index in [9.17, 15) is 0 Å². The number of rotatable bonds is 3. The number of nitrogens with one attached hydrogen (secondary N) is 1. The SMILES string of the molecule is c1ccc(Nc2nc(N3CCCC3)c3ccncc3n2)cc1. The second kappa shape index (κ2) is 5.60. The Morgan fingerprint density at radius 1 is 0.955 bits per heavy atom. The molecule has 0 unspecified atom stereocenters. The Balaban J connectivity index is 1.79. The molecular formula is C17H17N5. The molecule has 0 amide bonds. The van der Waals surface area contributed by atoms with Crippen LogP contribution in [0.5, 0.6) is 0 Å². The Labute approximate surface area is 129 Å². The summed E-state index contributed by atoms with van der Waals surface area (Å²) < 4.78 is 0. The van der Waals surface area contributed by atoms with Crippen molar-refractivity contribution in [1.29, 1.82) is 0 Å². The van der Waals surface area contributed by atoms with Gasteiger partial charge < -0.3 is 10.2 Å². The molecule has 0 saturated carbocycles. The van der Waals surface area contributed by atoms with Crippen molar-refractivity contribution in [3.63, 3.8) is 0 Å². The smallest absolute Gasteiger partial charge is 0.229 e. The zero-order chi connectivity index (χ0) is 14.8. The van der Waals surface area contributed by atoms with E-state index >= 15 is 0 Å². The van der Waals surface area contributed by atoms with Crippen molar-refractivity contribution in [3.8, 4) is 0 Å². The molecule has 0 spiro atoms. The average Bonchev–Trinajstić information content (AvgIpc) is 3.09. The van der Waals surface area contributed by atoms with E-state index in [-0.39, 0.29) is 0 Å². The number of nitrogens with zero attached hydrogens (tertiary/aromatic N) is 4. The number of anilines is 3. The van der Waals surface area contributed by atoms with Crippen LogP contribution in [0.4, 0.5) is 17.5 Å². The summed E-state index contributed by atoms with van der Waals surface area (Å²) in [5, 5.41) is 4.35. The molecule has 0 aliphatic carbocycles. The lowest BCUT2D eigenvalue weighted by Crippen LogP contribution is -2.20. The van der Waals surface area contributed by atoms with Crippen LogP contribution in [-0.4, -0.2) is 28.0 Å². The zero-order valence-electron chi connectivity index (χ0n) is 12.2. The molecule has 1 aliphatic rings. The predicted molar refractivity (Wildman–Crippen MR) is 88.5 cm³/mol. The van der Waals surface area contributed by atoms with Gasteiger partial charge in [0.25, 0.3) is 0 Å². The molecule has 0 radical (unpaired) electrons. The molecule has 1 aromatic carbocycles. The highest BCUT2D eigenvalue weighted by Gasteiger charge is 2.18. The first-order valence-corrected chi connectivity index (χ1v) is 7.59. The monoisotopic (exact) mass is 291 g/mol. The summed E-state index contributed by atoms with van der Waals surface area (Å²) in [6, 6.07) is 12.0. The standard InChI is InChI=1S/C17H17N5/c1-2-6-13(7-3-1)19-17-20-15-12-18-9-8-14(15)16(21-17)22-10-4-5-11-22/h1-3,6-9,12H,4-5,10-11H2,(H,19,20,21). The average molecular weight is 291 g/mol. The highest BCUT2D eigenvalue weighted by atomic mass is 15.2. The predicted octanol–water partition coefficient (Wildman–Crippen LogP) is 3.37. The van der Waals surface area contributed by atoms with Gasteiger partial charge in [-0.15, -0.1) is 0 Å². The first-order chi connectivity index (χ1) is 10.9. The minimum absolute atomic E-state index is 0.619. The van der Waals surface area contributed by atoms with Crippen LogP contribution in [0.15, 0.2) is 48.8 Å². The van der Waals surface area contributed by atoms with Crippen LogP contribution in [0.2, 0.25) is 0 Å². The summed E-state index contributed by atoms with van der Waals surface area (Å²) in [6.07, 6.45) is 6.04. The lowest BCUT2D eigenvalue weighted by atomic mass is 10.2. The van der Waals surface area contributed by atoms with Gasteiger partial charge in [0.15, 0.2) is 0 Å². The van der Waals surface area contributed by atoms with Gasteiger partial charge in [0.2, 0.25) is 5.95 Å². The maximum atomic E-state index is 4.75. The van der Waals surface area contributed by atoms with E-state index < -0.39 is 0 Å². The third-order valence-electron chi connectivity index (χ3n) is 3.91. The van der Waals surface area contributed by atoms with Crippen molar-refractivity contribution in [1.82, 2.24) is 15.0 Å². The molecule has 1 N–H and O–H groups in total. The number of pyridine rings is 1. The molecule has 1 aliphatic heterocycles. The van der Waals surface area contributed by atoms with Crippen LogP contribution in [0.1, 0.15) is 12.8 Å². The Bertz CT molecular complexity index is 781. The number of fused-ring (bicyclic) bond motifs is 1. The molecule has 2 aromatic heterocycles. The van der Waals surface area contributed by atoms with E-state index in [0.717, 1.165) is 35.5 Å². The first kappa shape index (κ1) is 13.0. The normalized spacial score (nSPS) is 14.5. The van der Waals surface area contributed by atoms with E-state index in [2.05, 4.69) is 20.2 Å². The van der Waals surface area contributed by atoms with Gasteiger partial charge in [-0.05, 0) is 31.0 Å². The highest BCUT2D eigenvalue weighted by Crippen LogP contribution is 2.28. The van der Waals surface area contributed by atoms with Gasteiger partial charge in [-0.1, -0.05) is 18.2 Å². The van der Waals surface area contributed by atoms with Crippen LogP contribution in [0, 0.1) is 0 Å². The van der Waals surface area contributed by atoms with Gasteiger partial charge in [0.05, 0.1) is 11.7 Å². The summed E-state index contributed by atoms with van der Waals surface area (Å²) in [5.74, 6) is 1.62. The molecular weight excluding hydrogens is 274 g/mol. The second-order valence-electron chi connectivity index (χ2n) is 5.45. The van der Waals surface area contributed by atoms with Crippen molar-refractivity contribution < 1.29 is 0 Å². The van der Waals surface area contributed by atoms with E-state index in [0.29, 0.717) is 5.95 Å². The zero-order valence-corrected chi connectivity index (χ0v) is 12.2. The summed E-state index contributed by atoms with van der Waals surface area (Å²) in [6.45, 7) is 2.11. The molecule has 4 rings (SSSR count). The fourth-order valence-electron chi connectivity index (χ4n) is 2.84. The van der Waals surface area contributed by atoms with Gasteiger partial charge in [-0.3, -0.25) is 4.98 Å². The van der Waals surface area contributed by atoms with Gasteiger partial charge in [0, 0.05) is 30.4 Å². The van der Waals surface area contributed by atoms with Crippen molar-refractivity contribution in [2.45, 2.75) is 12.8 Å². The van der Waals surface area contributed by atoms with Gasteiger partial charge >= 0.3 is 0 Å². The number of hydrogen-bond donors (Lipinski definition) is 1. The van der Waals surface area contributed by atoms with Crippen molar-refractivity contribution in [2.75, 3.05) is 23.3 Å². The number of hydrogen-bond acceptors (Lipinski definition) is 5. The summed E-state index contributed by atoms with van der Waals surface area (Å²) in [4.78, 5) is 15.9. The van der Waals surface area contributed by atoms with Crippen LogP contribution in [-0.2, 0) is 0 Å². The van der Waals surface area contributed by atoms with Gasteiger partial charge in [-0.2, -0.15) is 4.98 Å². The van der Waals surface area contributed by atoms with Crippen molar-refractivity contribution in [3.05, 3.63) is 48.8 Å². The molecule has 22 heavy (non-hydrogen) atoms. The minimum Gasteiger partial charge on any atom is -0.356 e. The van der Waals surface area contributed by atoms with Crippen molar-refractivity contribution >= 4 is 28.4 Å². The Hall–Kier alpha value is -2.69. The van der Waals surface area contributed by atoms with E-state index in [1.165, 1.54) is 12.8 Å². The molecule has 1 fully saturated rings. The van der Waals surface area contributed by atoms with Crippen LogP contribution in [0.25, 0.3) is 10.9 Å². The lowest BCUT2D eigenvalue weighted by Gasteiger charge is -2.19. The largest absolute Gasteiger partial charge is 0.356 e. The topological polar surface area (TPSA) is 53.9 Å². The van der Waals surface area contributed by atoms with Crippen molar-refractivity contribution in [2.24, 2.45) is 0 Å². The molecule has 5 nitrogen and oxygen atoms in total. The molecule has 110 valence electrons. The maximum absolute atomic E-state index is 4.75. The fraction of sp³-hybridized carbons (Fsp3) is 0.235. The third kappa shape index (κ3) is 2.45. The van der Waals surface area contributed by atoms with E-state index in [4.69, 9.17) is 4.98 Å². The molecule has 5 heteroatoms. The minimum atomic E-state index is 0.619. The molecule has 0 bridgehead atoms. The van der Waals surface area contributed by atoms with Crippen LogP contribution in [0.3, 0.4) is 0 Å². The fourth-order valence-corrected chi connectivity index (χ4v) is 2.84. The van der Waals surface area contributed by atoms with E-state index in [1.54, 1.807) is 12.4 Å². The molecule has 3 heterocycles. The van der Waals surface area contributed by atoms with E-state index in [1.807, 2.05) is 36.4 Å². The number of para-hydroxylation sites is 1. The number of benzene rings is 1. The summed E-state index contributed by atoms with van der Waals surface area (Å²) in [7, 11) is 0.